The molecule has 162 valence electrons. The van der Waals surface area contributed by atoms with Crippen LogP contribution in [0.2, 0.25) is 0 Å². The zero-order valence-electron chi connectivity index (χ0n) is 17.6. The van der Waals surface area contributed by atoms with Crippen LogP contribution in [0.1, 0.15) is 45.3 Å². The van der Waals surface area contributed by atoms with Gasteiger partial charge in [-0.1, -0.05) is 17.8 Å². The van der Waals surface area contributed by atoms with Crippen LogP contribution in [0.15, 0.2) is 27.8 Å². The van der Waals surface area contributed by atoms with Crippen molar-refractivity contribution in [2.24, 2.45) is 0 Å². The molecule has 1 amide bonds. The molecule has 1 aromatic carbocycles. The van der Waals surface area contributed by atoms with Crippen molar-refractivity contribution >= 4 is 40.0 Å². The molecule has 2 heterocycles. The molecular formula is C22H23N3O4S2. The molecule has 1 aliphatic carbocycles. The highest BCUT2D eigenvalue weighted by Crippen LogP contribution is 2.39. The molecule has 7 nitrogen and oxygen atoms in total. The molecule has 0 atom stereocenters. The smallest absolute Gasteiger partial charge is 0.341 e. The van der Waals surface area contributed by atoms with Crippen LogP contribution in [-0.4, -0.2) is 34.4 Å². The third-order valence-corrected chi connectivity index (χ3v) is 7.17. The Morgan fingerprint density at radius 1 is 1.23 bits per heavy atom. The summed E-state index contributed by atoms with van der Waals surface area (Å²) in [6, 6.07) is 5.94. The average Bonchev–Trinajstić information content (AvgIpc) is 3.44. The number of aryl methyl sites for hydroxylation is 3. The number of nitrogens with one attached hydrogen (secondary N) is 1. The van der Waals surface area contributed by atoms with Crippen LogP contribution >= 0.6 is 23.1 Å². The number of nitrogens with zero attached hydrogens (tertiary/aromatic N) is 2. The second-order valence-corrected chi connectivity index (χ2v) is 9.32. The molecule has 0 saturated heterocycles. The molecule has 4 rings (SSSR count). The molecule has 0 radical (unpaired) electrons. The topological polar surface area (TPSA) is 94.3 Å². The maximum absolute atomic E-state index is 12.5. The Morgan fingerprint density at radius 2 is 2.06 bits per heavy atom. The van der Waals surface area contributed by atoms with Gasteiger partial charge in [0.2, 0.25) is 11.8 Å². The summed E-state index contributed by atoms with van der Waals surface area (Å²) in [7, 11) is 0. The number of amides is 1. The second kappa shape index (κ2) is 9.23. The van der Waals surface area contributed by atoms with Gasteiger partial charge in [0.15, 0.2) is 0 Å². The number of aromatic nitrogens is 2. The predicted octanol–water partition coefficient (Wildman–Crippen LogP) is 4.81. The van der Waals surface area contributed by atoms with Crippen molar-refractivity contribution in [3.8, 4) is 11.5 Å². The fourth-order valence-electron chi connectivity index (χ4n) is 3.46. The van der Waals surface area contributed by atoms with Crippen LogP contribution in [0.5, 0.6) is 0 Å². The maximum Gasteiger partial charge on any atom is 0.341 e. The number of hydrogen-bond donors (Lipinski definition) is 1. The molecule has 2 aromatic heterocycles. The summed E-state index contributed by atoms with van der Waals surface area (Å²) >= 11 is 2.63. The molecule has 3 aromatic rings. The van der Waals surface area contributed by atoms with Crippen LogP contribution in [0.4, 0.5) is 5.00 Å². The second-order valence-electron chi connectivity index (χ2n) is 7.29. The molecule has 0 unspecified atom stereocenters. The molecular weight excluding hydrogens is 434 g/mol. The van der Waals surface area contributed by atoms with Crippen molar-refractivity contribution in [1.29, 1.82) is 0 Å². The third-order valence-electron chi connectivity index (χ3n) is 5.14. The van der Waals surface area contributed by atoms with Crippen LogP contribution in [0.3, 0.4) is 0 Å². The van der Waals surface area contributed by atoms with Crippen molar-refractivity contribution in [2.75, 3.05) is 17.7 Å². The standard InChI is InChI=1S/C22H23N3O4S2/c1-4-28-21(27)18-15-6-5-7-16(15)31-20(18)23-17(26)11-30-22-25-24-19(29-22)14-9-8-12(2)13(3)10-14/h8-10H,4-7,11H2,1-3H3,(H,23,26). The predicted molar refractivity (Wildman–Crippen MR) is 121 cm³/mol. The Bertz CT molecular complexity index is 1140. The van der Waals surface area contributed by atoms with Gasteiger partial charge in [0.05, 0.1) is 17.9 Å². The van der Waals surface area contributed by atoms with Gasteiger partial charge in [-0.05, 0) is 68.9 Å². The van der Waals surface area contributed by atoms with Crippen molar-refractivity contribution in [2.45, 2.75) is 45.3 Å². The number of fused-ring (bicyclic) bond motifs is 1. The van der Waals surface area contributed by atoms with Crippen LogP contribution in [0, 0.1) is 13.8 Å². The number of hydrogen-bond acceptors (Lipinski definition) is 8. The minimum Gasteiger partial charge on any atom is -0.462 e. The Hall–Kier alpha value is -2.65. The summed E-state index contributed by atoms with van der Waals surface area (Å²) in [6.07, 6.45) is 2.80. The largest absolute Gasteiger partial charge is 0.462 e. The number of ether oxygens (including phenoxy) is 1. The number of carbonyl (C=O) groups is 2. The Balaban J connectivity index is 1.41. The van der Waals surface area contributed by atoms with Gasteiger partial charge >= 0.3 is 5.97 Å². The van der Waals surface area contributed by atoms with E-state index in [-0.39, 0.29) is 17.6 Å². The Morgan fingerprint density at radius 3 is 2.84 bits per heavy atom. The number of thioether (sulfide) groups is 1. The van der Waals surface area contributed by atoms with E-state index in [9.17, 15) is 9.59 Å². The average molecular weight is 458 g/mol. The van der Waals surface area contributed by atoms with Crippen LogP contribution < -0.4 is 5.32 Å². The van der Waals surface area contributed by atoms with E-state index >= 15 is 0 Å². The molecule has 0 saturated carbocycles. The van der Waals surface area contributed by atoms with E-state index in [2.05, 4.69) is 15.5 Å². The van der Waals surface area contributed by atoms with Gasteiger partial charge in [-0.25, -0.2) is 4.79 Å². The first kappa shape index (κ1) is 21.6. The fourth-order valence-corrected chi connectivity index (χ4v) is 5.32. The van der Waals surface area contributed by atoms with E-state index in [0.29, 0.717) is 28.3 Å². The van der Waals surface area contributed by atoms with Gasteiger partial charge in [0.25, 0.3) is 5.22 Å². The van der Waals surface area contributed by atoms with Gasteiger partial charge in [-0.3, -0.25) is 4.79 Å². The van der Waals surface area contributed by atoms with Crippen LogP contribution in [-0.2, 0) is 22.4 Å². The van der Waals surface area contributed by atoms with Gasteiger partial charge < -0.3 is 14.5 Å². The minimum absolute atomic E-state index is 0.0966. The van der Waals surface area contributed by atoms with Crippen molar-refractivity contribution in [3.05, 3.63) is 45.3 Å². The third kappa shape index (κ3) is 4.67. The first-order valence-electron chi connectivity index (χ1n) is 10.1. The lowest BCUT2D eigenvalue weighted by atomic mass is 10.1. The normalized spacial score (nSPS) is 12.6. The fraction of sp³-hybridized carbons (Fsp3) is 0.364. The number of benzene rings is 1. The van der Waals surface area contributed by atoms with E-state index in [0.717, 1.165) is 52.6 Å². The number of anilines is 1. The highest BCUT2D eigenvalue weighted by molar-refractivity contribution is 7.99. The van der Waals surface area contributed by atoms with Gasteiger partial charge in [0, 0.05) is 10.4 Å². The molecule has 31 heavy (non-hydrogen) atoms. The first-order chi connectivity index (χ1) is 15.0. The van der Waals surface area contributed by atoms with Crippen LogP contribution in [0.25, 0.3) is 11.5 Å². The summed E-state index contributed by atoms with van der Waals surface area (Å²) in [6.45, 7) is 6.14. The Labute approximate surface area is 188 Å². The van der Waals surface area contributed by atoms with E-state index in [1.807, 2.05) is 32.0 Å². The minimum atomic E-state index is -0.375. The Kier molecular flexibility index (Phi) is 6.43. The van der Waals surface area contributed by atoms with E-state index in [4.69, 9.17) is 9.15 Å². The van der Waals surface area contributed by atoms with E-state index in [1.165, 1.54) is 16.9 Å². The van der Waals surface area contributed by atoms with Crippen molar-refractivity contribution in [1.82, 2.24) is 10.2 Å². The van der Waals surface area contributed by atoms with Gasteiger partial charge in [0.1, 0.15) is 5.00 Å². The van der Waals surface area contributed by atoms with E-state index in [1.54, 1.807) is 6.92 Å². The molecule has 0 fully saturated rings. The lowest BCUT2D eigenvalue weighted by molar-refractivity contribution is -0.113. The van der Waals surface area contributed by atoms with Crippen molar-refractivity contribution in [3.63, 3.8) is 0 Å². The summed E-state index contributed by atoms with van der Waals surface area (Å²) in [5.41, 5.74) is 4.70. The number of esters is 1. The first-order valence-corrected chi connectivity index (χ1v) is 11.9. The molecule has 9 heteroatoms. The monoisotopic (exact) mass is 457 g/mol. The molecule has 0 bridgehead atoms. The van der Waals surface area contributed by atoms with Gasteiger partial charge in [-0.2, -0.15) is 0 Å². The SMILES string of the molecule is CCOC(=O)c1c(NC(=O)CSc2nnc(-c3ccc(C)c(C)c3)o2)sc2c1CCC2. The summed E-state index contributed by atoms with van der Waals surface area (Å²) < 4.78 is 10.9. The zero-order valence-corrected chi connectivity index (χ0v) is 19.2. The molecule has 0 spiro atoms. The molecule has 1 aliphatic rings. The molecule has 1 N–H and O–H groups in total. The number of carbonyl (C=O) groups excluding carboxylic acids is 2. The number of thiophene rings is 1. The highest BCUT2D eigenvalue weighted by Gasteiger charge is 2.28. The summed E-state index contributed by atoms with van der Waals surface area (Å²) in [4.78, 5) is 26.1. The summed E-state index contributed by atoms with van der Waals surface area (Å²) in [5.74, 6) is -0.0918. The van der Waals surface area contributed by atoms with Gasteiger partial charge in [-0.15, -0.1) is 21.5 Å². The van der Waals surface area contributed by atoms with E-state index < -0.39 is 0 Å². The quantitative estimate of drug-likeness (QED) is 0.402. The number of rotatable bonds is 7. The highest BCUT2D eigenvalue weighted by atomic mass is 32.2. The lowest BCUT2D eigenvalue weighted by Gasteiger charge is -2.07. The maximum atomic E-state index is 12.5. The zero-order chi connectivity index (χ0) is 22.0. The lowest BCUT2D eigenvalue weighted by Crippen LogP contribution is -2.16. The molecule has 0 aliphatic heterocycles. The van der Waals surface area contributed by atoms with Crippen molar-refractivity contribution < 1.29 is 18.7 Å². The summed E-state index contributed by atoms with van der Waals surface area (Å²) in [5, 5.41) is 11.9.